The second kappa shape index (κ2) is 10.6. The number of rotatable bonds is 2. The SMILES string of the molecule is c1ccc2c(c1)-c1ccccc1-c1ccc(-c3ccc4oc5ccc(-c6cccc7c6sc6ccccc67)cc5c4c3)cc1-c1ccccc1-2. The van der Waals surface area contributed by atoms with Gasteiger partial charge in [-0.2, -0.15) is 0 Å². The van der Waals surface area contributed by atoms with Crippen molar-refractivity contribution >= 4 is 53.4 Å². The van der Waals surface area contributed by atoms with E-state index in [-0.39, 0.29) is 0 Å². The van der Waals surface area contributed by atoms with Gasteiger partial charge < -0.3 is 4.42 Å². The molecule has 1 aliphatic carbocycles. The maximum absolute atomic E-state index is 6.41. The van der Waals surface area contributed by atoms with E-state index >= 15 is 0 Å². The van der Waals surface area contributed by atoms with Gasteiger partial charge in [0.15, 0.2) is 0 Å². The zero-order chi connectivity index (χ0) is 32.8. The average Bonchev–Trinajstić information content (AvgIpc) is 3.75. The average molecular weight is 653 g/mol. The van der Waals surface area contributed by atoms with Crippen LogP contribution < -0.4 is 0 Å². The van der Waals surface area contributed by atoms with Crippen LogP contribution in [-0.4, -0.2) is 0 Å². The van der Waals surface area contributed by atoms with Crippen molar-refractivity contribution in [3.63, 3.8) is 0 Å². The van der Waals surface area contributed by atoms with E-state index in [0.717, 1.165) is 21.9 Å². The Morgan fingerprint density at radius 1 is 0.300 bits per heavy atom. The van der Waals surface area contributed by atoms with E-state index in [1.165, 1.54) is 86.9 Å². The molecule has 0 amide bonds. The summed E-state index contributed by atoms with van der Waals surface area (Å²) in [5.41, 5.74) is 16.7. The van der Waals surface area contributed by atoms with Gasteiger partial charge in [-0.05, 0) is 103 Å². The molecule has 1 nitrogen and oxygen atoms in total. The van der Waals surface area contributed by atoms with Gasteiger partial charge in [0, 0.05) is 30.9 Å². The summed E-state index contributed by atoms with van der Waals surface area (Å²) in [4.78, 5) is 0. The standard InChI is InChI=1S/C48H28OS/c1-2-11-34-33(10-1)35-12-3-4-14-37(35)39-23-20-29(26-42(39)38-15-6-5-13-36(34)38)30-21-24-45-43(27-30)44-28-31(22-25-46(44)49-45)32-17-9-18-41-40-16-7-8-19-47(40)50-48(32)41/h1-28H. The smallest absolute Gasteiger partial charge is 0.135 e. The summed E-state index contributed by atoms with van der Waals surface area (Å²) < 4.78 is 9.06. The van der Waals surface area contributed by atoms with E-state index in [1.807, 2.05) is 11.3 Å². The van der Waals surface area contributed by atoms with Crippen LogP contribution in [0.2, 0.25) is 0 Å². The van der Waals surface area contributed by atoms with Gasteiger partial charge in [0.2, 0.25) is 0 Å². The summed E-state index contributed by atoms with van der Waals surface area (Å²) in [7, 11) is 0. The lowest BCUT2D eigenvalue weighted by atomic mass is 9.80. The Balaban J connectivity index is 1.09. The van der Waals surface area contributed by atoms with Crippen molar-refractivity contribution < 1.29 is 4.42 Å². The first-order valence-electron chi connectivity index (χ1n) is 17.1. The van der Waals surface area contributed by atoms with E-state index in [4.69, 9.17) is 4.42 Å². The molecule has 50 heavy (non-hydrogen) atoms. The summed E-state index contributed by atoms with van der Waals surface area (Å²) in [6.07, 6.45) is 0. The highest BCUT2D eigenvalue weighted by atomic mass is 32.1. The van der Waals surface area contributed by atoms with Crippen molar-refractivity contribution in [3.05, 3.63) is 170 Å². The van der Waals surface area contributed by atoms with E-state index < -0.39 is 0 Å². The molecule has 0 bridgehead atoms. The molecule has 1 aliphatic rings. The summed E-state index contributed by atoms with van der Waals surface area (Å²) >= 11 is 1.87. The summed E-state index contributed by atoms with van der Waals surface area (Å²) in [5.74, 6) is 0. The number of fused-ring (bicyclic) bond motifs is 14. The second-order valence-corrected chi connectivity index (χ2v) is 14.3. The molecule has 8 aromatic carbocycles. The van der Waals surface area contributed by atoms with Gasteiger partial charge in [-0.1, -0.05) is 133 Å². The second-order valence-electron chi connectivity index (χ2n) is 13.2. The quantitative estimate of drug-likeness (QED) is 0.181. The first kappa shape index (κ1) is 27.7. The summed E-state index contributed by atoms with van der Waals surface area (Å²) in [6, 6.07) is 62.1. The lowest BCUT2D eigenvalue weighted by Crippen LogP contribution is -1.97. The van der Waals surface area contributed by atoms with Crippen LogP contribution in [0, 0.1) is 0 Å². The number of thiophene rings is 1. The molecular formula is C48H28OS. The fraction of sp³-hybridized carbons (Fsp3) is 0. The maximum atomic E-state index is 6.41. The lowest BCUT2D eigenvalue weighted by Gasteiger charge is -2.23. The topological polar surface area (TPSA) is 13.1 Å². The Hall–Kier alpha value is -6.22. The summed E-state index contributed by atoms with van der Waals surface area (Å²) in [5, 5.41) is 4.91. The lowest BCUT2D eigenvalue weighted by molar-refractivity contribution is 0.669. The minimum atomic E-state index is 0.906. The Kier molecular flexibility index (Phi) is 5.89. The molecule has 0 N–H and O–H groups in total. The van der Waals surface area contributed by atoms with Gasteiger partial charge in [-0.25, -0.2) is 0 Å². The van der Waals surface area contributed by atoms with E-state index in [9.17, 15) is 0 Å². The Bertz CT molecular complexity index is 2990. The van der Waals surface area contributed by atoms with Gasteiger partial charge >= 0.3 is 0 Å². The Morgan fingerprint density at radius 2 is 0.760 bits per heavy atom. The fourth-order valence-electron chi connectivity index (χ4n) is 8.14. The molecule has 10 aromatic rings. The normalized spacial score (nSPS) is 12.0. The zero-order valence-electron chi connectivity index (χ0n) is 27.0. The molecule has 0 radical (unpaired) electrons. The van der Waals surface area contributed by atoms with Crippen molar-refractivity contribution in [2.45, 2.75) is 0 Å². The monoisotopic (exact) mass is 652 g/mol. The van der Waals surface area contributed by atoms with Crippen LogP contribution in [0.25, 0.3) is 109 Å². The minimum absolute atomic E-state index is 0.906. The van der Waals surface area contributed by atoms with Crippen LogP contribution >= 0.6 is 11.3 Å². The Morgan fingerprint density at radius 3 is 1.42 bits per heavy atom. The van der Waals surface area contributed by atoms with Crippen LogP contribution in [0.5, 0.6) is 0 Å². The first-order valence-corrected chi connectivity index (χ1v) is 17.9. The molecule has 0 atom stereocenters. The molecular weight excluding hydrogens is 625 g/mol. The Labute approximate surface area is 293 Å². The molecule has 2 heteroatoms. The molecule has 0 fully saturated rings. The largest absolute Gasteiger partial charge is 0.456 e. The predicted molar refractivity (Wildman–Crippen MR) is 213 cm³/mol. The minimum Gasteiger partial charge on any atom is -0.456 e. The van der Waals surface area contributed by atoms with Crippen molar-refractivity contribution in [3.8, 4) is 66.8 Å². The molecule has 0 saturated heterocycles. The van der Waals surface area contributed by atoms with E-state index in [2.05, 4.69) is 170 Å². The van der Waals surface area contributed by atoms with Crippen molar-refractivity contribution in [1.29, 1.82) is 0 Å². The highest BCUT2D eigenvalue weighted by Crippen LogP contribution is 2.49. The molecule has 2 aromatic heterocycles. The number of hydrogen-bond donors (Lipinski definition) is 0. The van der Waals surface area contributed by atoms with Crippen molar-refractivity contribution in [1.82, 2.24) is 0 Å². The van der Waals surface area contributed by atoms with Crippen molar-refractivity contribution in [2.75, 3.05) is 0 Å². The maximum Gasteiger partial charge on any atom is 0.135 e. The number of hydrogen-bond acceptors (Lipinski definition) is 2. The third-order valence-electron chi connectivity index (χ3n) is 10.5. The van der Waals surface area contributed by atoms with Gasteiger partial charge in [0.25, 0.3) is 0 Å². The highest BCUT2D eigenvalue weighted by Gasteiger charge is 2.22. The van der Waals surface area contributed by atoms with Crippen LogP contribution in [0.3, 0.4) is 0 Å². The van der Waals surface area contributed by atoms with Crippen LogP contribution in [0.15, 0.2) is 174 Å². The molecule has 0 spiro atoms. The molecule has 0 saturated carbocycles. The van der Waals surface area contributed by atoms with Gasteiger partial charge in [0.1, 0.15) is 11.2 Å². The summed E-state index contributed by atoms with van der Waals surface area (Å²) in [6.45, 7) is 0. The van der Waals surface area contributed by atoms with Crippen LogP contribution in [0.4, 0.5) is 0 Å². The van der Waals surface area contributed by atoms with Gasteiger partial charge in [0.05, 0.1) is 0 Å². The van der Waals surface area contributed by atoms with E-state index in [1.54, 1.807) is 0 Å². The third-order valence-corrected chi connectivity index (χ3v) is 11.7. The molecule has 0 aliphatic heterocycles. The number of furan rings is 1. The third kappa shape index (κ3) is 4.06. The molecule has 0 unspecified atom stereocenters. The molecule has 11 rings (SSSR count). The fourth-order valence-corrected chi connectivity index (χ4v) is 9.38. The van der Waals surface area contributed by atoms with Gasteiger partial charge in [-0.3, -0.25) is 0 Å². The van der Waals surface area contributed by atoms with Crippen LogP contribution in [0.1, 0.15) is 0 Å². The van der Waals surface area contributed by atoms with Crippen LogP contribution in [-0.2, 0) is 0 Å². The first-order chi connectivity index (χ1) is 24.8. The zero-order valence-corrected chi connectivity index (χ0v) is 27.8. The van der Waals surface area contributed by atoms with Gasteiger partial charge in [-0.15, -0.1) is 11.3 Å². The molecule has 2 heterocycles. The van der Waals surface area contributed by atoms with E-state index in [0.29, 0.717) is 0 Å². The molecule has 232 valence electrons. The number of benzene rings is 8. The predicted octanol–water partition coefficient (Wildman–Crippen LogP) is 14.3. The highest BCUT2D eigenvalue weighted by molar-refractivity contribution is 7.26. The van der Waals surface area contributed by atoms with Crippen molar-refractivity contribution in [2.24, 2.45) is 0 Å².